The quantitative estimate of drug-likeness (QED) is 0.369. The van der Waals surface area contributed by atoms with Gasteiger partial charge in [-0.05, 0) is 19.8 Å². The van der Waals surface area contributed by atoms with Crippen LogP contribution in [0, 0.1) is 5.92 Å². The third-order valence-corrected chi connectivity index (χ3v) is 2.69. The summed E-state index contributed by atoms with van der Waals surface area (Å²) in [6.07, 6.45) is 5.68. The highest BCUT2D eigenvalue weighted by Gasteiger charge is 2.21. The summed E-state index contributed by atoms with van der Waals surface area (Å²) >= 11 is 0. The Labute approximate surface area is 104 Å². The molecule has 0 bridgehead atoms. The smallest absolute Gasteiger partial charge is 0.340 e. The maximum absolute atomic E-state index is 11.8. The van der Waals surface area contributed by atoms with Gasteiger partial charge in [0, 0.05) is 5.57 Å². The summed E-state index contributed by atoms with van der Waals surface area (Å²) in [4.78, 5) is 23.0. The molecule has 0 aromatic heterocycles. The molecule has 0 aromatic carbocycles. The van der Waals surface area contributed by atoms with Gasteiger partial charge in [0.1, 0.15) is 0 Å². The largest absolute Gasteiger partial charge is 0.389 e. The van der Waals surface area contributed by atoms with Crippen molar-refractivity contribution < 1.29 is 14.3 Å². The van der Waals surface area contributed by atoms with E-state index in [0.29, 0.717) is 0 Å². The second kappa shape index (κ2) is 8.97. The van der Waals surface area contributed by atoms with Gasteiger partial charge in [0.25, 0.3) is 0 Å². The first-order chi connectivity index (χ1) is 8.02. The Balaban J connectivity index is 4.29. The standard InChI is InChI=1S/C14H24O3/c1-5-7-9-12(10-8-6-2)14(16)17-13(15)11(3)4/h12H,3,5-10H2,1-2,4H3. The molecule has 0 spiro atoms. The average molecular weight is 240 g/mol. The van der Waals surface area contributed by atoms with Crippen LogP contribution >= 0.6 is 0 Å². The molecule has 0 aromatic rings. The van der Waals surface area contributed by atoms with Gasteiger partial charge in [-0.2, -0.15) is 0 Å². The van der Waals surface area contributed by atoms with Crippen LogP contribution in [0.5, 0.6) is 0 Å². The maximum atomic E-state index is 11.8. The number of ether oxygens (including phenoxy) is 1. The fourth-order valence-corrected chi connectivity index (χ4v) is 1.54. The molecule has 0 radical (unpaired) electrons. The van der Waals surface area contributed by atoms with Crippen LogP contribution in [0.15, 0.2) is 12.2 Å². The van der Waals surface area contributed by atoms with Crippen molar-refractivity contribution in [1.29, 1.82) is 0 Å². The normalized spacial score (nSPS) is 10.4. The number of hydrogen-bond donors (Lipinski definition) is 0. The highest BCUT2D eigenvalue weighted by Crippen LogP contribution is 2.18. The van der Waals surface area contributed by atoms with E-state index in [9.17, 15) is 9.59 Å². The molecule has 0 saturated heterocycles. The van der Waals surface area contributed by atoms with E-state index in [1.165, 1.54) is 0 Å². The molecule has 0 N–H and O–H groups in total. The lowest BCUT2D eigenvalue weighted by molar-refractivity contribution is -0.160. The van der Waals surface area contributed by atoms with Crippen molar-refractivity contribution in [3.05, 3.63) is 12.2 Å². The van der Waals surface area contributed by atoms with E-state index in [2.05, 4.69) is 20.4 Å². The summed E-state index contributed by atoms with van der Waals surface area (Å²) in [5.74, 6) is -1.13. The zero-order valence-electron chi connectivity index (χ0n) is 11.3. The fraction of sp³-hybridized carbons (Fsp3) is 0.714. The van der Waals surface area contributed by atoms with Crippen molar-refractivity contribution in [2.75, 3.05) is 0 Å². The molecule has 0 amide bonds. The third-order valence-electron chi connectivity index (χ3n) is 2.69. The van der Waals surface area contributed by atoms with E-state index in [4.69, 9.17) is 4.74 Å². The Bertz CT molecular complexity index is 261. The molecule has 0 atom stereocenters. The average Bonchev–Trinajstić information content (AvgIpc) is 2.28. The molecule has 0 aliphatic heterocycles. The molecule has 0 aliphatic rings. The lowest BCUT2D eigenvalue weighted by Crippen LogP contribution is -2.21. The van der Waals surface area contributed by atoms with Crippen LogP contribution < -0.4 is 0 Å². The fourth-order valence-electron chi connectivity index (χ4n) is 1.54. The Morgan fingerprint density at radius 1 is 1.12 bits per heavy atom. The van der Waals surface area contributed by atoms with Gasteiger partial charge in [-0.1, -0.05) is 46.1 Å². The van der Waals surface area contributed by atoms with Gasteiger partial charge in [0.15, 0.2) is 0 Å². The summed E-state index contributed by atoms with van der Waals surface area (Å²) in [6, 6.07) is 0. The predicted octanol–water partition coefficient (Wildman–Crippen LogP) is 3.63. The Kier molecular flexibility index (Phi) is 8.38. The minimum Gasteiger partial charge on any atom is -0.389 e. The molecule has 0 unspecified atom stereocenters. The summed E-state index contributed by atoms with van der Waals surface area (Å²) in [6.45, 7) is 9.18. The van der Waals surface area contributed by atoms with E-state index < -0.39 is 5.97 Å². The van der Waals surface area contributed by atoms with Crippen LogP contribution in [0.2, 0.25) is 0 Å². The zero-order chi connectivity index (χ0) is 13.3. The molecule has 0 saturated carbocycles. The second-order valence-electron chi connectivity index (χ2n) is 4.47. The minimum absolute atomic E-state index is 0.141. The first-order valence-corrected chi connectivity index (χ1v) is 6.44. The van der Waals surface area contributed by atoms with Crippen LogP contribution in [0.3, 0.4) is 0 Å². The Morgan fingerprint density at radius 2 is 1.59 bits per heavy atom. The van der Waals surface area contributed by atoms with Crippen LogP contribution in [-0.4, -0.2) is 11.9 Å². The highest BCUT2D eigenvalue weighted by atomic mass is 16.6. The number of hydrogen-bond acceptors (Lipinski definition) is 3. The second-order valence-corrected chi connectivity index (χ2v) is 4.47. The maximum Gasteiger partial charge on any atom is 0.340 e. The van der Waals surface area contributed by atoms with Crippen molar-refractivity contribution in [2.24, 2.45) is 5.92 Å². The molecular weight excluding hydrogens is 216 g/mol. The molecule has 0 heterocycles. The van der Waals surface area contributed by atoms with Crippen molar-refractivity contribution in [2.45, 2.75) is 59.3 Å². The zero-order valence-corrected chi connectivity index (χ0v) is 11.3. The summed E-state index contributed by atoms with van der Waals surface area (Å²) in [5, 5.41) is 0. The third kappa shape index (κ3) is 6.93. The van der Waals surface area contributed by atoms with Gasteiger partial charge >= 0.3 is 11.9 Å². The lowest BCUT2D eigenvalue weighted by Gasteiger charge is -2.14. The molecule has 0 fully saturated rings. The van der Waals surface area contributed by atoms with Crippen LogP contribution in [0.25, 0.3) is 0 Å². The number of unbranched alkanes of at least 4 members (excludes halogenated alkanes) is 2. The highest BCUT2D eigenvalue weighted by molar-refractivity contribution is 5.95. The molecule has 0 rings (SSSR count). The molecule has 3 heteroatoms. The first kappa shape index (κ1) is 15.9. The Hall–Kier alpha value is -1.12. The van der Waals surface area contributed by atoms with E-state index in [0.717, 1.165) is 38.5 Å². The van der Waals surface area contributed by atoms with Crippen molar-refractivity contribution in [3.63, 3.8) is 0 Å². The molecular formula is C14H24O3. The summed E-state index contributed by atoms with van der Waals surface area (Å²) < 4.78 is 4.79. The van der Waals surface area contributed by atoms with E-state index >= 15 is 0 Å². The van der Waals surface area contributed by atoms with Gasteiger partial charge in [-0.25, -0.2) is 4.79 Å². The SMILES string of the molecule is C=C(C)C(=O)OC(=O)C(CCCC)CCCC. The van der Waals surface area contributed by atoms with Crippen molar-refractivity contribution >= 4 is 11.9 Å². The van der Waals surface area contributed by atoms with Gasteiger partial charge < -0.3 is 4.74 Å². The summed E-state index contributed by atoms with van der Waals surface area (Å²) in [7, 11) is 0. The topological polar surface area (TPSA) is 43.4 Å². The minimum atomic E-state index is -0.604. The first-order valence-electron chi connectivity index (χ1n) is 6.44. The van der Waals surface area contributed by atoms with Gasteiger partial charge in [-0.15, -0.1) is 0 Å². The monoisotopic (exact) mass is 240 g/mol. The predicted molar refractivity (Wildman–Crippen MR) is 68.5 cm³/mol. The molecule has 3 nitrogen and oxygen atoms in total. The molecule has 17 heavy (non-hydrogen) atoms. The number of carbonyl (C=O) groups excluding carboxylic acids is 2. The van der Waals surface area contributed by atoms with E-state index in [-0.39, 0.29) is 17.5 Å². The van der Waals surface area contributed by atoms with Crippen LogP contribution in [-0.2, 0) is 14.3 Å². The van der Waals surface area contributed by atoms with E-state index in [1.807, 2.05) is 0 Å². The van der Waals surface area contributed by atoms with Gasteiger partial charge in [-0.3, -0.25) is 4.79 Å². The number of carbonyl (C=O) groups is 2. The van der Waals surface area contributed by atoms with Crippen molar-refractivity contribution in [1.82, 2.24) is 0 Å². The molecule has 0 aliphatic carbocycles. The van der Waals surface area contributed by atoms with Gasteiger partial charge in [0.2, 0.25) is 0 Å². The molecule has 98 valence electrons. The van der Waals surface area contributed by atoms with E-state index in [1.54, 1.807) is 6.92 Å². The number of rotatable bonds is 8. The number of esters is 2. The Morgan fingerprint density at radius 3 is 1.94 bits per heavy atom. The lowest BCUT2D eigenvalue weighted by atomic mass is 9.96. The van der Waals surface area contributed by atoms with Crippen molar-refractivity contribution in [3.8, 4) is 0 Å². The summed E-state index contributed by atoms with van der Waals surface area (Å²) in [5.41, 5.74) is 0.267. The van der Waals surface area contributed by atoms with Gasteiger partial charge in [0.05, 0.1) is 5.92 Å². The van der Waals surface area contributed by atoms with Crippen LogP contribution in [0.4, 0.5) is 0 Å². The van der Waals surface area contributed by atoms with Crippen LogP contribution in [0.1, 0.15) is 59.3 Å².